The summed E-state index contributed by atoms with van der Waals surface area (Å²) in [6, 6.07) is 5.87. The second-order valence-electron chi connectivity index (χ2n) is 5.57. The molecule has 4 nitrogen and oxygen atoms in total. The van der Waals surface area contributed by atoms with E-state index < -0.39 is 5.41 Å². The van der Waals surface area contributed by atoms with Gasteiger partial charge in [-0.05, 0) is 31.4 Å². The molecule has 0 saturated heterocycles. The van der Waals surface area contributed by atoms with Gasteiger partial charge in [-0.3, -0.25) is 9.78 Å². The van der Waals surface area contributed by atoms with E-state index in [9.17, 15) is 4.79 Å². The van der Waals surface area contributed by atoms with Crippen LogP contribution in [-0.4, -0.2) is 24.6 Å². The van der Waals surface area contributed by atoms with Crippen LogP contribution in [0.15, 0.2) is 18.2 Å². The number of aryl methyl sites for hydroxylation is 1. The Morgan fingerprint density at radius 2 is 2.26 bits per heavy atom. The molecule has 1 atom stereocenters. The van der Waals surface area contributed by atoms with Crippen molar-refractivity contribution in [3.05, 3.63) is 29.6 Å². The molecule has 19 heavy (non-hydrogen) atoms. The van der Waals surface area contributed by atoms with Gasteiger partial charge in [0.25, 0.3) is 0 Å². The predicted octanol–water partition coefficient (Wildman–Crippen LogP) is 1.85. The van der Waals surface area contributed by atoms with Crippen LogP contribution in [0.5, 0.6) is 0 Å². The summed E-state index contributed by atoms with van der Waals surface area (Å²) in [6.45, 7) is 2.26. The number of carbonyl (C=O) groups is 1. The average Bonchev–Trinajstić information content (AvgIpc) is 3.21. The van der Waals surface area contributed by atoms with Crippen LogP contribution >= 0.6 is 0 Å². The molecule has 1 fully saturated rings. The minimum absolute atomic E-state index is 0.204. The number of nitrogens with zero attached hydrogens (tertiary/aromatic N) is 1. The van der Waals surface area contributed by atoms with Crippen LogP contribution in [0.2, 0.25) is 0 Å². The number of aromatic nitrogens is 1. The number of carbonyl (C=O) groups excluding carboxylic acids is 1. The summed E-state index contributed by atoms with van der Waals surface area (Å²) >= 11 is 0. The normalized spacial score (nSPS) is 17.8. The summed E-state index contributed by atoms with van der Waals surface area (Å²) in [5.74, 6) is 0.415. The van der Waals surface area contributed by atoms with E-state index in [4.69, 9.17) is 10.5 Å². The topological polar surface area (TPSA) is 65.2 Å². The van der Waals surface area contributed by atoms with Crippen molar-refractivity contribution < 1.29 is 9.53 Å². The zero-order valence-electron chi connectivity index (χ0n) is 11.7. The summed E-state index contributed by atoms with van der Waals surface area (Å²) in [5, 5.41) is 0. The minimum Gasteiger partial charge on any atom is -0.469 e. The van der Waals surface area contributed by atoms with Crippen molar-refractivity contribution in [1.82, 2.24) is 4.98 Å². The first-order valence-corrected chi connectivity index (χ1v) is 6.80. The fourth-order valence-corrected chi connectivity index (χ4v) is 2.60. The number of rotatable bonds is 6. The number of pyridine rings is 1. The largest absolute Gasteiger partial charge is 0.469 e. The number of hydrogen-bond acceptors (Lipinski definition) is 4. The van der Waals surface area contributed by atoms with E-state index in [1.165, 1.54) is 20.0 Å². The summed E-state index contributed by atoms with van der Waals surface area (Å²) in [7, 11) is 1.43. The molecular formula is C15H22N2O2. The molecule has 1 aliphatic rings. The van der Waals surface area contributed by atoms with E-state index in [0.717, 1.165) is 17.8 Å². The van der Waals surface area contributed by atoms with Crippen molar-refractivity contribution in [1.29, 1.82) is 0 Å². The zero-order chi connectivity index (χ0) is 13.9. The van der Waals surface area contributed by atoms with E-state index in [1.54, 1.807) is 0 Å². The maximum absolute atomic E-state index is 12.2. The van der Waals surface area contributed by atoms with Crippen molar-refractivity contribution in [3.63, 3.8) is 0 Å². The first-order chi connectivity index (χ1) is 9.09. The van der Waals surface area contributed by atoms with Gasteiger partial charge in [-0.1, -0.05) is 18.9 Å². The highest BCUT2D eigenvalue weighted by atomic mass is 16.5. The van der Waals surface area contributed by atoms with Gasteiger partial charge in [-0.2, -0.15) is 0 Å². The van der Waals surface area contributed by atoms with Crippen LogP contribution < -0.4 is 5.73 Å². The quantitative estimate of drug-likeness (QED) is 0.795. The third-order valence-electron chi connectivity index (χ3n) is 3.85. The highest BCUT2D eigenvalue weighted by molar-refractivity contribution is 5.77. The highest BCUT2D eigenvalue weighted by Crippen LogP contribution is 2.42. The molecule has 0 radical (unpaired) electrons. The molecule has 1 aromatic heterocycles. The van der Waals surface area contributed by atoms with Crippen LogP contribution in [0.25, 0.3) is 0 Å². The summed E-state index contributed by atoms with van der Waals surface area (Å²) < 4.78 is 4.99. The van der Waals surface area contributed by atoms with Crippen molar-refractivity contribution in [2.45, 2.75) is 32.6 Å². The lowest BCUT2D eigenvalue weighted by Crippen LogP contribution is -2.42. The molecule has 1 aliphatic carbocycles. The Morgan fingerprint density at radius 1 is 1.53 bits per heavy atom. The first kappa shape index (κ1) is 14.0. The van der Waals surface area contributed by atoms with Gasteiger partial charge in [0.15, 0.2) is 0 Å². The molecule has 1 heterocycles. The van der Waals surface area contributed by atoms with Crippen molar-refractivity contribution in [2.75, 3.05) is 13.7 Å². The first-order valence-electron chi connectivity index (χ1n) is 6.80. The van der Waals surface area contributed by atoms with Crippen LogP contribution in [0.4, 0.5) is 0 Å². The van der Waals surface area contributed by atoms with E-state index >= 15 is 0 Å². The molecule has 0 aromatic carbocycles. The fourth-order valence-electron chi connectivity index (χ4n) is 2.60. The molecule has 1 unspecified atom stereocenters. The minimum atomic E-state index is -0.614. The van der Waals surface area contributed by atoms with Crippen molar-refractivity contribution in [3.8, 4) is 0 Å². The third kappa shape index (κ3) is 3.32. The second kappa shape index (κ2) is 5.70. The summed E-state index contributed by atoms with van der Waals surface area (Å²) in [6.07, 6.45) is 3.76. The van der Waals surface area contributed by atoms with Crippen LogP contribution in [-0.2, 0) is 16.0 Å². The number of esters is 1. The lowest BCUT2D eigenvalue weighted by Gasteiger charge is -2.29. The Bertz CT molecular complexity index is 457. The van der Waals surface area contributed by atoms with Gasteiger partial charge in [-0.25, -0.2) is 0 Å². The van der Waals surface area contributed by atoms with E-state index in [-0.39, 0.29) is 5.97 Å². The highest BCUT2D eigenvalue weighted by Gasteiger charge is 2.43. The van der Waals surface area contributed by atoms with E-state index in [0.29, 0.717) is 18.9 Å². The Morgan fingerprint density at radius 3 is 2.79 bits per heavy atom. The second-order valence-corrected chi connectivity index (χ2v) is 5.57. The molecule has 2 N–H and O–H groups in total. The standard InChI is InChI=1S/C15H22N2O2/c1-11-4-3-5-13(17-11)9-15(10-16,14(18)19-2)8-12-6-7-12/h3-5,12H,6-10,16H2,1-2H3. The molecule has 1 aromatic rings. The summed E-state index contributed by atoms with van der Waals surface area (Å²) in [5.41, 5.74) is 7.17. The number of hydrogen-bond donors (Lipinski definition) is 1. The Balaban J connectivity index is 2.22. The van der Waals surface area contributed by atoms with Crippen molar-refractivity contribution in [2.24, 2.45) is 17.1 Å². The zero-order valence-corrected chi connectivity index (χ0v) is 11.7. The smallest absolute Gasteiger partial charge is 0.313 e. The SMILES string of the molecule is COC(=O)C(CN)(Cc1cccc(C)n1)CC1CC1. The van der Waals surface area contributed by atoms with Crippen molar-refractivity contribution >= 4 is 5.97 Å². The van der Waals surface area contributed by atoms with Gasteiger partial charge in [0.05, 0.1) is 12.5 Å². The molecule has 0 bridgehead atoms. The Kier molecular flexibility index (Phi) is 4.20. The molecule has 0 spiro atoms. The van der Waals surface area contributed by atoms with E-state index in [2.05, 4.69) is 4.98 Å². The fraction of sp³-hybridized carbons (Fsp3) is 0.600. The molecule has 104 valence electrons. The third-order valence-corrected chi connectivity index (χ3v) is 3.85. The van der Waals surface area contributed by atoms with Gasteiger partial charge >= 0.3 is 5.97 Å². The van der Waals surface area contributed by atoms with Gasteiger partial charge in [0.1, 0.15) is 0 Å². The maximum Gasteiger partial charge on any atom is 0.313 e. The molecule has 1 saturated carbocycles. The lowest BCUT2D eigenvalue weighted by atomic mass is 9.78. The molecular weight excluding hydrogens is 240 g/mol. The maximum atomic E-state index is 12.2. The molecule has 0 amide bonds. The average molecular weight is 262 g/mol. The Hall–Kier alpha value is -1.42. The number of methoxy groups -OCH3 is 1. The van der Waals surface area contributed by atoms with Gasteiger partial charge in [0.2, 0.25) is 0 Å². The van der Waals surface area contributed by atoms with Crippen LogP contribution in [0, 0.1) is 18.3 Å². The molecule has 2 rings (SSSR count). The molecule has 4 heteroatoms. The van der Waals surface area contributed by atoms with Gasteiger partial charge < -0.3 is 10.5 Å². The molecule has 0 aliphatic heterocycles. The monoisotopic (exact) mass is 262 g/mol. The summed E-state index contributed by atoms with van der Waals surface area (Å²) in [4.78, 5) is 16.7. The van der Waals surface area contributed by atoms with Gasteiger partial charge in [0, 0.05) is 24.4 Å². The predicted molar refractivity (Wildman–Crippen MR) is 73.5 cm³/mol. The number of nitrogens with two attached hydrogens (primary N) is 1. The van der Waals surface area contributed by atoms with Crippen LogP contribution in [0.3, 0.4) is 0 Å². The number of ether oxygens (including phenoxy) is 1. The Labute approximate surface area is 114 Å². The van der Waals surface area contributed by atoms with Gasteiger partial charge in [-0.15, -0.1) is 0 Å². The lowest BCUT2D eigenvalue weighted by molar-refractivity contribution is -0.153. The van der Waals surface area contributed by atoms with E-state index in [1.807, 2.05) is 25.1 Å². The van der Waals surface area contributed by atoms with Crippen LogP contribution in [0.1, 0.15) is 30.7 Å².